The SMILES string of the molecule is CC(=O)NC1CCCCCC1CN. The van der Waals surface area contributed by atoms with E-state index in [1.165, 1.54) is 25.7 Å². The van der Waals surface area contributed by atoms with Crippen LogP contribution >= 0.6 is 0 Å². The van der Waals surface area contributed by atoms with E-state index in [0.29, 0.717) is 18.5 Å². The average Bonchev–Trinajstić information content (AvgIpc) is 2.28. The fraction of sp³-hybridized carbons (Fsp3) is 0.900. The van der Waals surface area contributed by atoms with Crippen LogP contribution in [0.3, 0.4) is 0 Å². The lowest BCUT2D eigenvalue weighted by molar-refractivity contribution is -0.120. The second-order valence-corrected chi connectivity index (χ2v) is 3.94. The van der Waals surface area contributed by atoms with E-state index in [1.54, 1.807) is 6.92 Å². The van der Waals surface area contributed by atoms with Crippen molar-refractivity contribution in [3.8, 4) is 0 Å². The highest BCUT2D eigenvalue weighted by Gasteiger charge is 2.22. The lowest BCUT2D eigenvalue weighted by Crippen LogP contribution is -2.41. The van der Waals surface area contributed by atoms with Crippen LogP contribution < -0.4 is 11.1 Å². The second-order valence-electron chi connectivity index (χ2n) is 3.94. The molecule has 76 valence electrons. The molecule has 0 spiro atoms. The van der Waals surface area contributed by atoms with E-state index in [1.807, 2.05) is 0 Å². The molecular weight excluding hydrogens is 164 g/mol. The van der Waals surface area contributed by atoms with Crippen LogP contribution in [0.2, 0.25) is 0 Å². The Hall–Kier alpha value is -0.570. The maximum absolute atomic E-state index is 10.9. The van der Waals surface area contributed by atoms with Crippen molar-refractivity contribution in [1.82, 2.24) is 5.32 Å². The van der Waals surface area contributed by atoms with Gasteiger partial charge in [-0.3, -0.25) is 4.79 Å². The number of nitrogens with two attached hydrogens (primary N) is 1. The van der Waals surface area contributed by atoms with Gasteiger partial charge in [-0.2, -0.15) is 0 Å². The van der Waals surface area contributed by atoms with E-state index in [9.17, 15) is 4.79 Å². The molecule has 0 radical (unpaired) electrons. The third kappa shape index (κ3) is 3.35. The Bertz CT molecular complexity index is 170. The van der Waals surface area contributed by atoms with E-state index in [0.717, 1.165) is 6.42 Å². The number of hydrogen-bond donors (Lipinski definition) is 2. The van der Waals surface area contributed by atoms with Crippen LogP contribution in [0.25, 0.3) is 0 Å². The Kier molecular flexibility index (Phi) is 4.22. The van der Waals surface area contributed by atoms with Gasteiger partial charge in [-0.05, 0) is 25.3 Å². The Morgan fingerprint density at radius 1 is 1.38 bits per heavy atom. The summed E-state index contributed by atoms with van der Waals surface area (Å²) in [6.45, 7) is 2.28. The highest BCUT2D eigenvalue weighted by molar-refractivity contribution is 5.73. The third-order valence-electron chi connectivity index (χ3n) is 2.85. The standard InChI is InChI=1S/C10H20N2O/c1-8(13)12-10-6-4-2-3-5-9(10)7-11/h9-10H,2-7,11H2,1H3,(H,12,13). The number of hydrogen-bond acceptors (Lipinski definition) is 2. The van der Waals surface area contributed by atoms with Gasteiger partial charge in [0.2, 0.25) is 5.91 Å². The molecule has 0 heterocycles. The van der Waals surface area contributed by atoms with Gasteiger partial charge in [0.15, 0.2) is 0 Å². The Morgan fingerprint density at radius 3 is 2.69 bits per heavy atom. The van der Waals surface area contributed by atoms with Gasteiger partial charge in [0.25, 0.3) is 0 Å². The maximum Gasteiger partial charge on any atom is 0.217 e. The van der Waals surface area contributed by atoms with Gasteiger partial charge < -0.3 is 11.1 Å². The monoisotopic (exact) mass is 184 g/mol. The van der Waals surface area contributed by atoms with Gasteiger partial charge in [0.1, 0.15) is 0 Å². The van der Waals surface area contributed by atoms with Crippen LogP contribution in [-0.2, 0) is 4.79 Å². The van der Waals surface area contributed by atoms with E-state index in [-0.39, 0.29) is 5.91 Å². The van der Waals surface area contributed by atoms with E-state index < -0.39 is 0 Å². The Balaban J connectivity index is 2.48. The summed E-state index contributed by atoms with van der Waals surface area (Å²) in [7, 11) is 0. The molecule has 0 aromatic rings. The van der Waals surface area contributed by atoms with Crippen molar-refractivity contribution >= 4 is 5.91 Å². The smallest absolute Gasteiger partial charge is 0.217 e. The van der Waals surface area contributed by atoms with Crippen LogP contribution in [0.15, 0.2) is 0 Å². The molecule has 1 rings (SSSR count). The largest absolute Gasteiger partial charge is 0.353 e. The van der Waals surface area contributed by atoms with Gasteiger partial charge in [0.05, 0.1) is 0 Å². The summed E-state index contributed by atoms with van der Waals surface area (Å²) in [5, 5.41) is 3.00. The third-order valence-corrected chi connectivity index (χ3v) is 2.85. The molecule has 0 aromatic carbocycles. The molecule has 1 aliphatic rings. The zero-order valence-corrected chi connectivity index (χ0v) is 8.38. The van der Waals surface area contributed by atoms with Crippen LogP contribution in [0.1, 0.15) is 39.0 Å². The number of carbonyl (C=O) groups excluding carboxylic acids is 1. The summed E-state index contributed by atoms with van der Waals surface area (Å²) in [6.07, 6.45) is 6.04. The van der Waals surface area contributed by atoms with Crippen molar-refractivity contribution in [3.05, 3.63) is 0 Å². The topological polar surface area (TPSA) is 55.1 Å². The number of nitrogens with one attached hydrogen (secondary N) is 1. The number of carbonyl (C=O) groups is 1. The summed E-state index contributed by atoms with van der Waals surface area (Å²) in [6, 6.07) is 0.324. The first-order chi connectivity index (χ1) is 6.24. The van der Waals surface area contributed by atoms with Crippen molar-refractivity contribution in [2.75, 3.05) is 6.54 Å². The Morgan fingerprint density at radius 2 is 2.08 bits per heavy atom. The van der Waals surface area contributed by atoms with Gasteiger partial charge in [-0.1, -0.05) is 19.3 Å². The summed E-state index contributed by atoms with van der Waals surface area (Å²) in [5.74, 6) is 0.566. The van der Waals surface area contributed by atoms with Crippen LogP contribution in [0, 0.1) is 5.92 Å². The molecule has 3 N–H and O–H groups in total. The average molecular weight is 184 g/mol. The Labute approximate surface area is 80.1 Å². The molecule has 13 heavy (non-hydrogen) atoms. The number of rotatable bonds is 2. The van der Waals surface area contributed by atoms with Gasteiger partial charge in [-0.15, -0.1) is 0 Å². The first kappa shape index (κ1) is 10.5. The zero-order valence-electron chi connectivity index (χ0n) is 8.38. The van der Waals surface area contributed by atoms with Crippen molar-refractivity contribution in [1.29, 1.82) is 0 Å². The molecule has 1 aliphatic carbocycles. The maximum atomic E-state index is 10.9. The van der Waals surface area contributed by atoms with Gasteiger partial charge in [-0.25, -0.2) is 0 Å². The molecule has 0 saturated heterocycles. The molecule has 2 unspecified atom stereocenters. The quantitative estimate of drug-likeness (QED) is 0.630. The molecule has 2 atom stereocenters. The predicted molar refractivity (Wildman–Crippen MR) is 53.2 cm³/mol. The highest BCUT2D eigenvalue weighted by Crippen LogP contribution is 2.22. The molecular formula is C10H20N2O. The van der Waals surface area contributed by atoms with E-state index in [2.05, 4.69) is 5.32 Å². The number of amides is 1. The summed E-state index contributed by atoms with van der Waals surface area (Å²) < 4.78 is 0. The van der Waals surface area contributed by atoms with Crippen molar-refractivity contribution in [2.45, 2.75) is 45.1 Å². The normalized spacial score (nSPS) is 29.4. The van der Waals surface area contributed by atoms with E-state index >= 15 is 0 Å². The molecule has 3 heteroatoms. The molecule has 0 aliphatic heterocycles. The van der Waals surface area contributed by atoms with E-state index in [4.69, 9.17) is 5.73 Å². The van der Waals surface area contributed by atoms with Crippen LogP contribution in [-0.4, -0.2) is 18.5 Å². The molecule has 0 bridgehead atoms. The van der Waals surface area contributed by atoms with Crippen molar-refractivity contribution in [3.63, 3.8) is 0 Å². The molecule has 0 aromatic heterocycles. The second kappa shape index (κ2) is 5.22. The van der Waals surface area contributed by atoms with Crippen LogP contribution in [0.5, 0.6) is 0 Å². The zero-order chi connectivity index (χ0) is 9.68. The lowest BCUT2D eigenvalue weighted by atomic mass is 9.95. The lowest BCUT2D eigenvalue weighted by Gasteiger charge is -2.24. The minimum Gasteiger partial charge on any atom is -0.353 e. The first-order valence-corrected chi connectivity index (χ1v) is 5.21. The van der Waals surface area contributed by atoms with Crippen LogP contribution in [0.4, 0.5) is 0 Å². The first-order valence-electron chi connectivity index (χ1n) is 5.21. The highest BCUT2D eigenvalue weighted by atomic mass is 16.1. The molecule has 3 nitrogen and oxygen atoms in total. The molecule has 1 amide bonds. The summed E-state index contributed by atoms with van der Waals surface area (Å²) in [4.78, 5) is 10.9. The molecule has 1 fully saturated rings. The fourth-order valence-corrected chi connectivity index (χ4v) is 2.12. The molecule has 1 saturated carbocycles. The van der Waals surface area contributed by atoms with Crippen molar-refractivity contribution < 1.29 is 4.79 Å². The van der Waals surface area contributed by atoms with Gasteiger partial charge >= 0.3 is 0 Å². The van der Waals surface area contributed by atoms with Crippen molar-refractivity contribution in [2.24, 2.45) is 11.7 Å². The minimum absolute atomic E-state index is 0.0744. The minimum atomic E-state index is 0.0744. The summed E-state index contributed by atoms with van der Waals surface area (Å²) >= 11 is 0. The van der Waals surface area contributed by atoms with Gasteiger partial charge in [0, 0.05) is 13.0 Å². The summed E-state index contributed by atoms with van der Waals surface area (Å²) in [5.41, 5.74) is 5.69. The fourth-order valence-electron chi connectivity index (χ4n) is 2.12. The predicted octanol–water partition coefficient (Wildman–Crippen LogP) is 1.03.